The van der Waals surface area contributed by atoms with Crippen molar-refractivity contribution in [1.82, 2.24) is 5.32 Å². The van der Waals surface area contributed by atoms with Gasteiger partial charge in [-0.3, -0.25) is 5.32 Å². The summed E-state index contributed by atoms with van der Waals surface area (Å²) in [5, 5.41) is 3.37. The second-order valence-corrected chi connectivity index (χ2v) is 5.92. The van der Waals surface area contributed by atoms with Gasteiger partial charge in [0.15, 0.2) is 0 Å². The molecule has 0 aliphatic rings. The fourth-order valence-corrected chi connectivity index (χ4v) is 3.28. The van der Waals surface area contributed by atoms with Crippen LogP contribution in [0.1, 0.15) is 32.3 Å². The van der Waals surface area contributed by atoms with Crippen LogP contribution in [0.2, 0.25) is 0 Å². The molecule has 0 radical (unpaired) electrons. The van der Waals surface area contributed by atoms with Crippen LogP contribution < -0.4 is 10.1 Å². The maximum Gasteiger partial charge on any atom is 0.147 e. The summed E-state index contributed by atoms with van der Waals surface area (Å²) in [4.78, 5) is 0. The van der Waals surface area contributed by atoms with E-state index in [1.807, 2.05) is 6.92 Å². The zero-order chi connectivity index (χ0) is 14.3. The van der Waals surface area contributed by atoms with Gasteiger partial charge >= 0.3 is 0 Å². The number of ether oxygens (including phenoxy) is 1. The van der Waals surface area contributed by atoms with E-state index < -0.39 is 0 Å². The van der Waals surface area contributed by atoms with Gasteiger partial charge in [-0.15, -0.1) is 6.42 Å². The number of rotatable bonds is 7. The average molecular weight is 389 g/mol. The maximum absolute atomic E-state index is 5.56. The van der Waals surface area contributed by atoms with E-state index >= 15 is 0 Å². The van der Waals surface area contributed by atoms with E-state index in [-0.39, 0.29) is 6.04 Å². The van der Waals surface area contributed by atoms with Crippen molar-refractivity contribution < 1.29 is 4.74 Å². The monoisotopic (exact) mass is 387 g/mol. The third kappa shape index (κ3) is 5.18. The van der Waals surface area contributed by atoms with Crippen LogP contribution in [-0.4, -0.2) is 12.6 Å². The molecule has 1 aromatic rings. The van der Waals surface area contributed by atoms with Crippen LogP contribution >= 0.6 is 31.9 Å². The lowest BCUT2D eigenvalue weighted by Gasteiger charge is -2.14. The van der Waals surface area contributed by atoms with Gasteiger partial charge < -0.3 is 4.74 Å². The molecule has 1 unspecified atom stereocenters. The summed E-state index contributed by atoms with van der Waals surface area (Å²) < 4.78 is 7.47. The molecular weight excluding hydrogens is 370 g/mol. The Morgan fingerprint density at radius 3 is 2.42 bits per heavy atom. The Morgan fingerprint density at radius 2 is 1.95 bits per heavy atom. The average Bonchev–Trinajstić information content (AvgIpc) is 2.38. The van der Waals surface area contributed by atoms with Crippen molar-refractivity contribution in [2.24, 2.45) is 0 Å². The minimum atomic E-state index is 0.133. The second kappa shape index (κ2) is 8.63. The molecule has 0 heterocycles. The first-order valence-corrected chi connectivity index (χ1v) is 8.01. The Balaban J connectivity index is 2.73. The Kier molecular flexibility index (Phi) is 7.52. The van der Waals surface area contributed by atoms with Gasteiger partial charge in [-0.1, -0.05) is 19.3 Å². The van der Waals surface area contributed by atoms with Gasteiger partial charge in [0.25, 0.3) is 0 Å². The molecule has 1 atom stereocenters. The van der Waals surface area contributed by atoms with E-state index in [9.17, 15) is 0 Å². The summed E-state index contributed by atoms with van der Waals surface area (Å²) >= 11 is 7.06. The Bertz CT molecular complexity index is 431. The molecule has 0 aliphatic heterocycles. The van der Waals surface area contributed by atoms with Crippen molar-refractivity contribution in [1.29, 1.82) is 0 Å². The SMILES string of the molecule is C#CC(CCC)NCc1cc(Br)c(OCC)c(Br)c1. The van der Waals surface area contributed by atoms with Crippen LogP contribution in [-0.2, 0) is 6.54 Å². The van der Waals surface area contributed by atoms with Crippen LogP contribution in [0.25, 0.3) is 0 Å². The lowest BCUT2D eigenvalue weighted by Crippen LogP contribution is -2.26. The van der Waals surface area contributed by atoms with Gasteiger partial charge in [0.2, 0.25) is 0 Å². The topological polar surface area (TPSA) is 21.3 Å². The van der Waals surface area contributed by atoms with Crippen LogP contribution in [0.4, 0.5) is 0 Å². The van der Waals surface area contributed by atoms with E-state index in [2.05, 4.69) is 62.2 Å². The number of hydrogen-bond donors (Lipinski definition) is 1. The lowest BCUT2D eigenvalue weighted by atomic mass is 10.1. The molecule has 0 bridgehead atoms. The summed E-state index contributed by atoms with van der Waals surface area (Å²) in [6.45, 7) is 5.50. The summed E-state index contributed by atoms with van der Waals surface area (Å²) in [6.07, 6.45) is 7.57. The van der Waals surface area contributed by atoms with E-state index in [1.165, 1.54) is 5.56 Å². The third-order valence-corrected chi connectivity index (χ3v) is 3.86. The highest BCUT2D eigenvalue weighted by Gasteiger charge is 2.09. The van der Waals surface area contributed by atoms with Crippen molar-refractivity contribution in [3.05, 3.63) is 26.6 Å². The molecule has 4 heteroatoms. The normalized spacial score (nSPS) is 11.9. The van der Waals surface area contributed by atoms with Gasteiger partial charge in [0.1, 0.15) is 5.75 Å². The van der Waals surface area contributed by atoms with Gasteiger partial charge in [0.05, 0.1) is 21.6 Å². The summed E-state index contributed by atoms with van der Waals surface area (Å²) in [6, 6.07) is 4.25. The van der Waals surface area contributed by atoms with Crippen molar-refractivity contribution in [3.63, 3.8) is 0 Å². The molecule has 0 saturated carbocycles. The predicted molar refractivity (Wildman–Crippen MR) is 87.4 cm³/mol. The standard InChI is InChI=1S/C15H19Br2NO/c1-4-7-12(5-2)18-10-11-8-13(16)15(19-6-3)14(17)9-11/h2,8-9,12,18H,4,6-7,10H2,1,3H3. The lowest BCUT2D eigenvalue weighted by molar-refractivity contribution is 0.336. The van der Waals surface area contributed by atoms with Crippen molar-refractivity contribution in [2.75, 3.05) is 6.61 Å². The minimum Gasteiger partial charge on any atom is -0.492 e. The smallest absolute Gasteiger partial charge is 0.147 e. The van der Waals surface area contributed by atoms with Crippen molar-refractivity contribution in [3.8, 4) is 18.1 Å². The number of halogens is 2. The molecule has 0 spiro atoms. The molecule has 1 rings (SSSR count). The molecule has 19 heavy (non-hydrogen) atoms. The Labute approximate surface area is 132 Å². The first-order chi connectivity index (χ1) is 9.12. The fourth-order valence-electron chi connectivity index (χ4n) is 1.77. The van der Waals surface area contributed by atoms with Gasteiger partial charge in [-0.2, -0.15) is 0 Å². The first-order valence-electron chi connectivity index (χ1n) is 6.42. The first kappa shape index (κ1) is 16.6. The van der Waals surface area contributed by atoms with E-state index in [1.54, 1.807) is 0 Å². The Hall–Kier alpha value is -0.500. The predicted octanol–water partition coefficient (Wildman–Crippen LogP) is 4.50. The molecule has 1 N–H and O–H groups in total. The highest BCUT2D eigenvalue weighted by molar-refractivity contribution is 9.11. The van der Waals surface area contributed by atoms with Gasteiger partial charge in [0, 0.05) is 6.54 Å². The Morgan fingerprint density at radius 1 is 1.32 bits per heavy atom. The molecule has 2 nitrogen and oxygen atoms in total. The largest absolute Gasteiger partial charge is 0.492 e. The van der Waals surface area contributed by atoms with Crippen LogP contribution in [0.5, 0.6) is 5.75 Å². The zero-order valence-corrected chi connectivity index (χ0v) is 14.5. The number of hydrogen-bond acceptors (Lipinski definition) is 2. The molecule has 1 aromatic carbocycles. The van der Waals surface area contributed by atoms with Crippen LogP contribution in [0.3, 0.4) is 0 Å². The zero-order valence-electron chi connectivity index (χ0n) is 11.3. The quantitative estimate of drug-likeness (QED) is 0.694. The van der Waals surface area contributed by atoms with Gasteiger partial charge in [-0.25, -0.2) is 0 Å². The second-order valence-electron chi connectivity index (χ2n) is 4.21. The summed E-state index contributed by atoms with van der Waals surface area (Å²) in [7, 11) is 0. The minimum absolute atomic E-state index is 0.133. The third-order valence-electron chi connectivity index (χ3n) is 2.68. The molecule has 104 valence electrons. The molecule has 0 fully saturated rings. The summed E-state index contributed by atoms with van der Waals surface area (Å²) in [5.74, 6) is 3.62. The van der Waals surface area contributed by atoms with Crippen molar-refractivity contribution in [2.45, 2.75) is 39.3 Å². The molecule has 0 aliphatic carbocycles. The summed E-state index contributed by atoms with van der Waals surface area (Å²) in [5.41, 5.74) is 1.17. The van der Waals surface area contributed by atoms with Gasteiger partial charge in [-0.05, 0) is 62.9 Å². The molecule has 0 saturated heterocycles. The van der Waals surface area contributed by atoms with E-state index in [0.29, 0.717) is 6.61 Å². The number of benzene rings is 1. The highest BCUT2D eigenvalue weighted by Crippen LogP contribution is 2.34. The van der Waals surface area contributed by atoms with E-state index in [0.717, 1.165) is 34.1 Å². The number of terminal acetylenes is 1. The number of nitrogens with one attached hydrogen (secondary N) is 1. The fraction of sp³-hybridized carbons (Fsp3) is 0.467. The molecule has 0 amide bonds. The maximum atomic E-state index is 5.56. The van der Waals surface area contributed by atoms with Crippen molar-refractivity contribution >= 4 is 31.9 Å². The van der Waals surface area contributed by atoms with Crippen LogP contribution in [0.15, 0.2) is 21.1 Å². The van der Waals surface area contributed by atoms with Crippen LogP contribution in [0, 0.1) is 12.3 Å². The molecular formula is C15H19Br2NO. The molecule has 0 aromatic heterocycles. The highest BCUT2D eigenvalue weighted by atomic mass is 79.9. The van der Waals surface area contributed by atoms with E-state index in [4.69, 9.17) is 11.2 Å².